The second-order valence-corrected chi connectivity index (χ2v) is 11.0. The van der Waals surface area contributed by atoms with Crippen molar-refractivity contribution in [3.8, 4) is 5.82 Å². The molecule has 1 atom stereocenters. The highest BCUT2D eigenvalue weighted by Gasteiger charge is 2.60. The Kier molecular flexibility index (Phi) is 8.18. The Morgan fingerprint density at radius 1 is 1.09 bits per heavy atom. The highest BCUT2D eigenvalue weighted by molar-refractivity contribution is 6.32. The first-order chi connectivity index (χ1) is 20.7. The van der Waals surface area contributed by atoms with Crippen LogP contribution in [0.3, 0.4) is 0 Å². The molecule has 4 aromatic rings. The summed E-state index contributed by atoms with van der Waals surface area (Å²) in [5.74, 6) is -5.85. The van der Waals surface area contributed by atoms with E-state index in [2.05, 4.69) is 30.9 Å². The molecule has 1 aliphatic carbocycles. The van der Waals surface area contributed by atoms with Crippen LogP contribution in [0.1, 0.15) is 63.1 Å². The molecule has 0 radical (unpaired) electrons. The summed E-state index contributed by atoms with van der Waals surface area (Å²) in [5.41, 5.74) is 0.243. The molecule has 1 aromatic carbocycles. The number of anilines is 1. The number of nitrogens with one attached hydrogen (secondary N) is 2. The molecule has 44 heavy (non-hydrogen) atoms. The number of carbonyl (C=O) groups excluding carboxylic acids is 2. The third kappa shape index (κ3) is 6.27. The fraction of sp³-hybridized carbons (Fsp3) is 0.357. The standard InChI is InChI=1S/C28H26ClF5N8O2/c1-14-9-15(2)23(19(10-14)25(43)37-16(3)17-6-7-17)38-26(44)21-11-18(39-42(21)24-20(29)5-4-8-35-24)13-41-36-12-22(40-41)27(30,31)28(32,33)34/h4-5,8-12,16-17H,6-7,13H2,1-3H3,(H,37,43)(H,38,44). The molecule has 1 fully saturated rings. The molecule has 0 spiro atoms. The van der Waals surface area contributed by atoms with Gasteiger partial charge in [-0.2, -0.15) is 42.0 Å². The molecule has 3 aromatic heterocycles. The number of aromatic nitrogens is 6. The van der Waals surface area contributed by atoms with Crippen LogP contribution < -0.4 is 10.6 Å². The van der Waals surface area contributed by atoms with Crippen molar-refractivity contribution in [1.82, 2.24) is 35.1 Å². The smallest absolute Gasteiger partial charge is 0.349 e. The minimum atomic E-state index is -5.86. The number of alkyl halides is 5. The van der Waals surface area contributed by atoms with Gasteiger partial charge in [0.2, 0.25) is 0 Å². The molecule has 0 bridgehead atoms. The van der Waals surface area contributed by atoms with E-state index in [1.54, 1.807) is 25.1 Å². The normalized spacial score (nSPS) is 14.4. The van der Waals surface area contributed by atoms with Crippen LogP contribution in [0.15, 0.2) is 42.7 Å². The predicted molar refractivity (Wildman–Crippen MR) is 149 cm³/mol. The molecule has 1 saturated carbocycles. The molecule has 5 rings (SSSR count). The Hall–Kier alpha value is -4.40. The number of nitrogens with zero attached hydrogens (tertiary/aromatic N) is 6. The van der Waals surface area contributed by atoms with Crippen molar-refractivity contribution in [3.05, 3.63) is 81.5 Å². The van der Waals surface area contributed by atoms with Crippen molar-refractivity contribution in [2.75, 3.05) is 5.32 Å². The zero-order valence-corrected chi connectivity index (χ0v) is 24.3. The van der Waals surface area contributed by atoms with Gasteiger partial charge in [-0.25, -0.2) is 9.67 Å². The predicted octanol–water partition coefficient (Wildman–Crippen LogP) is 5.61. The number of pyridine rings is 1. The average molecular weight is 637 g/mol. The van der Waals surface area contributed by atoms with E-state index in [1.807, 2.05) is 13.8 Å². The number of halogens is 6. The Morgan fingerprint density at radius 2 is 1.82 bits per heavy atom. The Labute approximate surface area is 252 Å². The Bertz CT molecular complexity index is 1730. The van der Waals surface area contributed by atoms with Gasteiger partial charge in [-0.15, -0.1) is 0 Å². The SMILES string of the molecule is Cc1cc(C)c(NC(=O)c2cc(Cn3ncc(C(F)(F)C(F)(F)F)n3)nn2-c2ncccc2Cl)c(C(=O)NC(C)C2CC2)c1. The van der Waals surface area contributed by atoms with Crippen LogP contribution in [0.2, 0.25) is 5.02 Å². The Morgan fingerprint density at radius 3 is 2.48 bits per heavy atom. The number of carbonyl (C=O) groups is 2. The fourth-order valence-corrected chi connectivity index (χ4v) is 4.86. The highest BCUT2D eigenvalue weighted by atomic mass is 35.5. The van der Waals surface area contributed by atoms with E-state index in [1.165, 1.54) is 18.3 Å². The second-order valence-electron chi connectivity index (χ2n) is 10.6. The van der Waals surface area contributed by atoms with Crippen molar-refractivity contribution in [2.24, 2.45) is 5.92 Å². The third-order valence-corrected chi connectivity index (χ3v) is 7.40. The lowest BCUT2D eigenvalue weighted by Crippen LogP contribution is -2.35. The van der Waals surface area contributed by atoms with Crippen molar-refractivity contribution in [2.45, 2.75) is 58.3 Å². The highest BCUT2D eigenvalue weighted by Crippen LogP contribution is 2.42. The number of hydrogen-bond acceptors (Lipinski definition) is 6. The number of hydrogen-bond donors (Lipinski definition) is 2. The maximum absolute atomic E-state index is 13.8. The van der Waals surface area contributed by atoms with E-state index in [-0.39, 0.29) is 45.4 Å². The second kappa shape index (κ2) is 11.6. The summed E-state index contributed by atoms with van der Waals surface area (Å²) in [4.78, 5) is 31.8. The maximum atomic E-state index is 13.8. The summed E-state index contributed by atoms with van der Waals surface area (Å²) in [6, 6.07) is 7.73. The van der Waals surface area contributed by atoms with Gasteiger partial charge in [0.1, 0.15) is 12.2 Å². The van der Waals surface area contributed by atoms with Crippen LogP contribution in [0.5, 0.6) is 0 Å². The van der Waals surface area contributed by atoms with Gasteiger partial charge >= 0.3 is 12.1 Å². The van der Waals surface area contributed by atoms with Crippen LogP contribution in [-0.4, -0.2) is 53.8 Å². The summed E-state index contributed by atoms with van der Waals surface area (Å²) < 4.78 is 67.0. The first kappa shape index (κ1) is 31.0. The van der Waals surface area contributed by atoms with Gasteiger partial charge in [-0.1, -0.05) is 17.7 Å². The number of benzene rings is 1. The van der Waals surface area contributed by atoms with Crippen molar-refractivity contribution in [3.63, 3.8) is 0 Å². The molecule has 1 unspecified atom stereocenters. The average Bonchev–Trinajstić information content (AvgIpc) is 3.55. The summed E-state index contributed by atoms with van der Waals surface area (Å²) in [7, 11) is 0. The maximum Gasteiger partial charge on any atom is 0.459 e. The molecule has 0 saturated heterocycles. The van der Waals surface area contributed by atoms with E-state index in [0.717, 1.165) is 23.1 Å². The molecule has 2 amide bonds. The van der Waals surface area contributed by atoms with Crippen molar-refractivity contribution in [1.29, 1.82) is 0 Å². The van der Waals surface area contributed by atoms with Gasteiger partial charge < -0.3 is 10.6 Å². The lowest BCUT2D eigenvalue weighted by molar-refractivity contribution is -0.291. The van der Waals surface area contributed by atoms with Gasteiger partial charge in [0.05, 0.1) is 28.2 Å². The van der Waals surface area contributed by atoms with E-state index >= 15 is 0 Å². The largest absolute Gasteiger partial charge is 0.459 e. The quantitative estimate of drug-likeness (QED) is 0.231. The summed E-state index contributed by atoms with van der Waals surface area (Å²) in [6.45, 7) is 5.01. The topological polar surface area (TPSA) is 120 Å². The van der Waals surface area contributed by atoms with Gasteiger partial charge in [-0.3, -0.25) is 9.59 Å². The molecule has 1 aliphatic rings. The van der Waals surface area contributed by atoms with Gasteiger partial charge in [-0.05, 0) is 74.9 Å². The van der Waals surface area contributed by atoms with Crippen LogP contribution in [0.4, 0.5) is 27.6 Å². The number of amides is 2. The van der Waals surface area contributed by atoms with Crippen LogP contribution in [-0.2, 0) is 12.5 Å². The zero-order chi connectivity index (χ0) is 32.0. The first-order valence-electron chi connectivity index (χ1n) is 13.4. The van der Waals surface area contributed by atoms with E-state index in [0.29, 0.717) is 22.5 Å². The molecule has 232 valence electrons. The van der Waals surface area contributed by atoms with Crippen molar-refractivity contribution < 1.29 is 31.5 Å². The lowest BCUT2D eigenvalue weighted by atomic mass is 10.0. The lowest BCUT2D eigenvalue weighted by Gasteiger charge is -2.18. The molecule has 3 heterocycles. The third-order valence-electron chi connectivity index (χ3n) is 7.10. The van der Waals surface area contributed by atoms with Gasteiger partial charge in [0.15, 0.2) is 11.5 Å². The van der Waals surface area contributed by atoms with E-state index in [4.69, 9.17) is 11.6 Å². The van der Waals surface area contributed by atoms with E-state index < -0.39 is 30.2 Å². The summed E-state index contributed by atoms with van der Waals surface area (Å²) in [6.07, 6.45) is -2.10. The number of aryl methyl sites for hydroxylation is 2. The van der Waals surface area contributed by atoms with Crippen LogP contribution >= 0.6 is 11.6 Å². The summed E-state index contributed by atoms with van der Waals surface area (Å²) >= 11 is 6.32. The molecular formula is C28H26ClF5N8O2. The molecular weight excluding hydrogens is 611 g/mol. The minimum absolute atomic E-state index is 0.0196. The first-order valence-corrected chi connectivity index (χ1v) is 13.8. The molecule has 0 aliphatic heterocycles. The molecule has 10 nitrogen and oxygen atoms in total. The number of rotatable bonds is 9. The van der Waals surface area contributed by atoms with Gasteiger partial charge in [0.25, 0.3) is 11.8 Å². The van der Waals surface area contributed by atoms with Crippen LogP contribution in [0, 0.1) is 19.8 Å². The minimum Gasteiger partial charge on any atom is -0.349 e. The zero-order valence-electron chi connectivity index (χ0n) is 23.6. The monoisotopic (exact) mass is 636 g/mol. The van der Waals surface area contributed by atoms with Crippen molar-refractivity contribution >= 4 is 29.1 Å². The summed E-state index contributed by atoms with van der Waals surface area (Å²) in [5, 5.41) is 17.0. The molecule has 16 heteroatoms. The van der Waals surface area contributed by atoms with Crippen LogP contribution in [0.25, 0.3) is 5.82 Å². The molecule has 2 N–H and O–H groups in total. The van der Waals surface area contributed by atoms with Gasteiger partial charge in [0, 0.05) is 12.2 Å². The Balaban J connectivity index is 1.49. The van der Waals surface area contributed by atoms with E-state index in [9.17, 15) is 31.5 Å². The fourth-order valence-electron chi connectivity index (χ4n) is 4.66.